The molecule has 0 heterocycles. The topological polar surface area (TPSA) is 41.5 Å². The molecule has 108 valence electrons. The summed E-state index contributed by atoms with van der Waals surface area (Å²) in [7, 11) is 0. The maximum Gasteiger partial charge on any atom is 0.162 e. The maximum absolute atomic E-state index is 10.0. The van der Waals surface area contributed by atoms with Crippen LogP contribution in [-0.4, -0.2) is 30.3 Å². The lowest BCUT2D eigenvalue weighted by molar-refractivity contribution is 0.316. The number of aromatic hydroxyl groups is 1. The molecule has 0 aromatic heterocycles. The Hall–Kier alpha value is -0.870. The highest BCUT2D eigenvalue weighted by molar-refractivity contribution is 7.98. The number of nitrogens with one attached hydrogen (secondary N) is 1. The number of unbranched alkanes of at least 4 members (excludes halogenated alkanes) is 2. The second-order valence-corrected chi connectivity index (χ2v) is 5.41. The van der Waals surface area contributed by atoms with Gasteiger partial charge in [0.2, 0.25) is 0 Å². The van der Waals surface area contributed by atoms with Crippen molar-refractivity contribution < 1.29 is 9.84 Å². The van der Waals surface area contributed by atoms with Gasteiger partial charge in [-0.25, -0.2) is 0 Å². The third-order valence-electron chi connectivity index (χ3n) is 2.90. The van der Waals surface area contributed by atoms with Crippen molar-refractivity contribution in [2.45, 2.75) is 32.7 Å². The second kappa shape index (κ2) is 9.98. The highest BCUT2D eigenvalue weighted by Crippen LogP contribution is 2.29. The van der Waals surface area contributed by atoms with Crippen LogP contribution in [0.15, 0.2) is 18.2 Å². The summed E-state index contributed by atoms with van der Waals surface area (Å²) in [6, 6.07) is 5.64. The molecular weight excluding hydrogens is 258 g/mol. The summed E-state index contributed by atoms with van der Waals surface area (Å²) < 4.78 is 5.37. The Morgan fingerprint density at radius 1 is 1.26 bits per heavy atom. The summed E-state index contributed by atoms with van der Waals surface area (Å²) in [5.41, 5.74) is 0.898. The number of hydrogen-bond acceptors (Lipinski definition) is 4. The van der Waals surface area contributed by atoms with Crippen molar-refractivity contribution in [3.8, 4) is 11.5 Å². The van der Waals surface area contributed by atoms with E-state index in [-0.39, 0.29) is 5.75 Å². The van der Waals surface area contributed by atoms with E-state index < -0.39 is 0 Å². The van der Waals surface area contributed by atoms with Crippen molar-refractivity contribution in [2.24, 2.45) is 0 Å². The first-order valence-corrected chi connectivity index (χ1v) is 8.32. The molecule has 0 saturated heterocycles. The molecule has 0 saturated carbocycles. The van der Waals surface area contributed by atoms with Crippen molar-refractivity contribution in [2.75, 3.05) is 25.2 Å². The van der Waals surface area contributed by atoms with Crippen molar-refractivity contribution in [3.63, 3.8) is 0 Å². The molecule has 0 spiro atoms. The van der Waals surface area contributed by atoms with Crippen molar-refractivity contribution in [1.29, 1.82) is 0 Å². The Balaban J connectivity index is 2.27. The lowest BCUT2D eigenvalue weighted by Gasteiger charge is -2.10. The summed E-state index contributed by atoms with van der Waals surface area (Å²) in [6.07, 6.45) is 5.88. The van der Waals surface area contributed by atoms with E-state index in [1.807, 2.05) is 30.8 Å². The zero-order chi connectivity index (χ0) is 13.9. The summed E-state index contributed by atoms with van der Waals surface area (Å²) in [4.78, 5) is 0. The molecule has 1 rings (SSSR count). The molecule has 0 amide bonds. The third-order valence-corrected chi connectivity index (χ3v) is 3.60. The fraction of sp³-hybridized carbons (Fsp3) is 0.600. The average Bonchev–Trinajstić information content (AvgIpc) is 2.42. The number of benzene rings is 1. The summed E-state index contributed by atoms with van der Waals surface area (Å²) in [5.74, 6) is 2.08. The summed E-state index contributed by atoms with van der Waals surface area (Å²) in [6.45, 7) is 4.17. The van der Waals surface area contributed by atoms with Crippen LogP contribution in [0.5, 0.6) is 11.5 Å². The van der Waals surface area contributed by atoms with Crippen LogP contribution in [0, 0.1) is 0 Å². The molecule has 1 aromatic rings. The highest BCUT2D eigenvalue weighted by Gasteiger charge is 2.06. The van der Waals surface area contributed by atoms with Crippen LogP contribution in [-0.2, 0) is 6.54 Å². The van der Waals surface area contributed by atoms with Crippen LogP contribution >= 0.6 is 11.8 Å². The predicted molar refractivity (Wildman–Crippen MR) is 83.2 cm³/mol. The first-order valence-electron chi connectivity index (χ1n) is 6.93. The van der Waals surface area contributed by atoms with E-state index in [9.17, 15) is 5.11 Å². The SMILES string of the molecule is CCOc1cccc(CNCCCCCSC)c1O. The molecule has 0 aliphatic heterocycles. The Kier molecular flexibility index (Phi) is 8.50. The second-order valence-electron chi connectivity index (χ2n) is 4.43. The van der Waals surface area contributed by atoms with Gasteiger partial charge in [-0.15, -0.1) is 0 Å². The van der Waals surface area contributed by atoms with Crippen molar-refractivity contribution >= 4 is 11.8 Å². The molecule has 4 heteroatoms. The minimum Gasteiger partial charge on any atom is -0.504 e. The Bertz CT molecular complexity index is 358. The molecule has 0 unspecified atom stereocenters. The molecule has 0 atom stereocenters. The van der Waals surface area contributed by atoms with Crippen LogP contribution in [0.3, 0.4) is 0 Å². The van der Waals surface area contributed by atoms with Gasteiger partial charge >= 0.3 is 0 Å². The zero-order valence-electron chi connectivity index (χ0n) is 11.9. The quantitative estimate of drug-likeness (QED) is 0.646. The van der Waals surface area contributed by atoms with E-state index >= 15 is 0 Å². The van der Waals surface area contributed by atoms with Gasteiger partial charge < -0.3 is 15.2 Å². The summed E-state index contributed by atoms with van der Waals surface area (Å²) in [5, 5.41) is 13.4. The van der Waals surface area contributed by atoms with Crippen LogP contribution in [0.4, 0.5) is 0 Å². The number of hydrogen-bond donors (Lipinski definition) is 2. The van der Waals surface area contributed by atoms with E-state index in [4.69, 9.17) is 4.74 Å². The molecule has 3 nitrogen and oxygen atoms in total. The molecule has 0 bridgehead atoms. The molecule has 0 fully saturated rings. The summed E-state index contributed by atoms with van der Waals surface area (Å²) >= 11 is 1.90. The van der Waals surface area contributed by atoms with Gasteiger partial charge in [0.15, 0.2) is 11.5 Å². The van der Waals surface area contributed by atoms with Crippen LogP contribution in [0.2, 0.25) is 0 Å². The first kappa shape index (κ1) is 16.2. The number of rotatable bonds is 10. The van der Waals surface area contributed by atoms with Gasteiger partial charge in [0, 0.05) is 12.1 Å². The lowest BCUT2D eigenvalue weighted by atomic mass is 10.2. The molecule has 1 aromatic carbocycles. The molecular formula is C15H25NO2S. The van der Waals surface area contributed by atoms with Crippen LogP contribution in [0.1, 0.15) is 31.7 Å². The first-order chi connectivity index (χ1) is 9.29. The minimum absolute atomic E-state index is 0.263. The Morgan fingerprint density at radius 3 is 2.84 bits per heavy atom. The van der Waals surface area contributed by atoms with Crippen LogP contribution in [0.25, 0.3) is 0 Å². The van der Waals surface area contributed by atoms with Gasteiger partial charge in [-0.1, -0.05) is 18.6 Å². The number of phenolic OH excluding ortho intramolecular Hbond substituents is 1. The van der Waals surface area contributed by atoms with E-state index in [1.54, 1.807) is 6.07 Å². The van der Waals surface area contributed by atoms with E-state index in [0.29, 0.717) is 18.9 Å². The monoisotopic (exact) mass is 283 g/mol. The predicted octanol–water partition coefficient (Wildman–Crippen LogP) is 3.41. The molecule has 0 aliphatic carbocycles. The fourth-order valence-electron chi connectivity index (χ4n) is 1.88. The molecule has 19 heavy (non-hydrogen) atoms. The molecule has 0 radical (unpaired) electrons. The van der Waals surface area contributed by atoms with Gasteiger partial charge in [0.25, 0.3) is 0 Å². The van der Waals surface area contributed by atoms with Gasteiger partial charge in [0.05, 0.1) is 6.61 Å². The molecule has 2 N–H and O–H groups in total. The van der Waals surface area contributed by atoms with Gasteiger partial charge in [0.1, 0.15) is 0 Å². The van der Waals surface area contributed by atoms with Gasteiger partial charge in [-0.3, -0.25) is 0 Å². The number of para-hydroxylation sites is 1. The average molecular weight is 283 g/mol. The maximum atomic E-state index is 10.0. The number of ether oxygens (including phenoxy) is 1. The Morgan fingerprint density at radius 2 is 2.11 bits per heavy atom. The Labute approximate surface area is 120 Å². The van der Waals surface area contributed by atoms with Crippen LogP contribution < -0.4 is 10.1 Å². The number of thioether (sulfide) groups is 1. The van der Waals surface area contributed by atoms with Gasteiger partial charge in [-0.05, 0) is 44.4 Å². The third kappa shape index (κ3) is 6.21. The molecule has 0 aliphatic rings. The normalized spacial score (nSPS) is 10.6. The fourth-order valence-corrected chi connectivity index (χ4v) is 2.37. The van der Waals surface area contributed by atoms with E-state index in [1.165, 1.54) is 25.0 Å². The number of phenols is 1. The van der Waals surface area contributed by atoms with Gasteiger partial charge in [-0.2, -0.15) is 11.8 Å². The smallest absolute Gasteiger partial charge is 0.162 e. The highest BCUT2D eigenvalue weighted by atomic mass is 32.2. The standard InChI is InChI=1S/C15H25NO2S/c1-3-18-14-9-7-8-13(15(14)17)12-16-10-5-4-6-11-19-2/h7-9,16-17H,3-6,10-12H2,1-2H3. The van der Waals surface area contributed by atoms with E-state index in [0.717, 1.165) is 12.1 Å². The van der Waals surface area contributed by atoms with Crippen molar-refractivity contribution in [3.05, 3.63) is 23.8 Å². The lowest BCUT2D eigenvalue weighted by Crippen LogP contribution is -2.15. The van der Waals surface area contributed by atoms with E-state index in [2.05, 4.69) is 11.6 Å². The minimum atomic E-state index is 0.263. The van der Waals surface area contributed by atoms with Crippen molar-refractivity contribution in [1.82, 2.24) is 5.32 Å². The largest absolute Gasteiger partial charge is 0.504 e. The zero-order valence-corrected chi connectivity index (χ0v) is 12.8.